The molecular weight excluding hydrogens is 396 g/mol. The van der Waals surface area contributed by atoms with Crippen molar-refractivity contribution in [3.8, 4) is 0 Å². The van der Waals surface area contributed by atoms with E-state index >= 15 is 0 Å². The molecule has 30 heavy (non-hydrogen) atoms. The highest BCUT2D eigenvalue weighted by Crippen LogP contribution is 2.42. The van der Waals surface area contributed by atoms with Crippen LogP contribution in [0.25, 0.3) is 0 Å². The van der Waals surface area contributed by atoms with Crippen molar-refractivity contribution >= 4 is 34.8 Å². The van der Waals surface area contributed by atoms with Crippen molar-refractivity contribution < 1.29 is 9.59 Å². The molecule has 0 bridgehead atoms. The third-order valence-electron chi connectivity index (χ3n) is 5.54. The van der Waals surface area contributed by atoms with Gasteiger partial charge in [-0.15, -0.1) is 0 Å². The molecule has 0 spiro atoms. The second-order valence-corrected chi connectivity index (χ2v) is 8.01. The van der Waals surface area contributed by atoms with Crippen molar-refractivity contribution in [3.05, 3.63) is 95.0 Å². The predicted octanol–water partition coefficient (Wildman–Crippen LogP) is 5.87. The Morgan fingerprint density at radius 1 is 0.967 bits per heavy atom. The van der Waals surface area contributed by atoms with Crippen LogP contribution in [0.4, 0.5) is 11.4 Å². The van der Waals surface area contributed by atoms with Gasteiger partial charge in [0.25, 0.3) is 5.91 Å². The molecule has 0 saturated heterocycles. The van der Waals surface area contributed by atoms with E-state index in [-0.39, 0.29) is 23.9 Å². The Morgan fingerprint density at radius 2 is 1.67 bits per heavy atom. The largest absolute Gasteiger partial charge is 0.305 e. The summed E-state index contributed by atoms with van der Waals surface area (Å²) in [5.41, 5.74) is 3.19. The number of nitrogens with zero attached hydrogens (tertiary/aromatic N) is 2. The molecule has 1 aliphatic heterocycles. The molecule has 1 heterocycles. The molecule has 3 aromatic rings. The minimum absolute atomic E-state index is 0.0252. The smallest absolute Gasteiger partial charge is 0.258 e. The second kappa shape index (κ2) is 8.33. The van der Waals surface area contributed by atoms with Crippen molar-refractivity contribution in [3.63, 3.8) is 0 Å². The Hall–Kier alpha value is -3.11. The van der Waals surface area contributed by atoms with Crippen LogP contribution in [0.15, 0.2) is 78.9 Å². The van der Waals surface area contributed by atoms with Gasteiger partial charge in [-0.25, -0.2) is 0 Å². The number of fused-ring (bicyclic) bond motifs is 1. The number of hydrogen-bond donors (Lipinski definition) is 0. The van der Waals surface area contributed by atoms with Gasteiger partial charge < -0.3 is 9.80 Å². The van der Waals surface area contributed by atoms with E-state index in [1.165, 1.54) is 0 Å². The molecule has 4 rings (SSSR count). The molecule has 0 saturated carbocycles. The zero-order valence-corrected chi connectivity index (χ0v) is 17.7. The van der Waals surface area contributed by atoms with E-state index in [1.807, 2.05) is 71.3 Å². The van der Waals surface area contributed by atoms with Crippen molar-refractivity contribution in [2.45, 2.75) is 32.4 Å². The maximum Gasteiger partial charge on any atom is 0.258 e. The predicted molar refractivity (Wildman–Crippen MR) is 121 cm³/mol. The number of anilines is 2. The van der Waals surface area contributed by atoms with E-state index in [2.05, 4.69) is 0 Å². The highest BCUT2D eigenvalue weighted by atomic mass is 35.5. The molecule has 1 aliphatic rings. The topological polar surface area (TPSA) is 40.6 Å². The van der Waals surface area contributed by atoms with Gasteiger partial charge in [-0.05, 0) is 55.3 Å². The normalized spacial score (nSPS) is 17.9. The number of benzene rings is 3. The molecule has 2 amide bonds. The van der Waals surface area contributed by atoms with Gasteiger partial charge in [0.05, 0.1) is 6.04 Å². The van der Waals surface area contributed by atoms with Crippen molar-refractivity contribution in [2.75, 3.05) is 9.80 Å². The van der Waals surface area contributed by atoms with Gasteiger partial charge in [-0.1, -0.05) is 54.1 Å². The number of rotatable bonds is 3. The van der Waals surface area contributed by atoms with Crippen LogP contribution in [0.3, 0.4) is 0 Å². The summed E-state index contributed by atoms with van der Waals surface area (Å²) in [5, 5.41) is 0.531. The minimum Gasteiger partial charge on any atom is -0.305 e. The van der Waals surface area contributed by atoms with Gasteiger partial charge in [0.15, 0.2) is 0 Å². The highest BCUT2D eigenvalue weighted by molar-refractivity contribution is 6.31. The van der Waals surface area contributed by atoms with Gasteiger partial charge in [0.1, 0.15) is 0 Å². The standard InChI is InChI=1S/C25H23ClN2O2/c1-17-15-24(28(18(2)29)21-11-4-3-5-12-21)22-13-6-7-14-23(22)27(17)25(30)19-9-8-10-20(26)16-19/h3-14,16-17,24H,15H2,1-2H3. The molecule has 0 radical (unpaired) electrons. The Labute approximate surface area is 181 Å². The lowest BCUT2D eigenvalue weighted by molar-refractivity contribution is -0.117. The molecule has 2 atom stereocenters. The van der Waals surface area contributed by atoms with Gasteiger partial charge in [0, 0.05) is 34.9 Å². The first-order valence-electron chi connectivity index (χ1n) is 10.00. The van der Waals surface area contributed by atoms with Gasteiger partial charge in [0.2, 0.25) is 5.91 Å². The Morgan fingerprint density at radius 3 is 2.37 bits per heavy atom. The maximum absolute atomic E-state index is 13.4. The average Bonchev–Trinajstić information content (AvgIpc) is 2.74. The van der Waals surface area contributed by atoms with Gasteiger partial charge >= 0.3 is 0 Å². The third kappa shape index (κ3) is 3.71. The lowest BCUT2D eigenvalue weighted by Crippen LogP contribution is -2.47. The summed E-state index contributed by atoms with van der Waals surface area (Å²) in [6.07, 6.45) is 0.637. The van der Waals surface area contributed by atoms with E-state index in [4.69, 9.17) is 11.6 Å². The summed E-state index contributed by atoms with van der Waals surface area (Å²) < 4.78 is 0. The summed E-state index contributed by atoms with van der Waals surface area (Å²) in [6.45, 7) is 3.61. The molecule has 2 unspecified atom stereocenters. The quantitative estimate of drug-likeness (QED) is 0.533. The van der Waals surface area contributed by atoms with Crippen LogP contribution in [0.5, 0.6) is 0 Å². The first-order chi connectivity index (χ1) is 14.5. The van der Waals surface area contributed by atoms with Crippen LogP contribution >= 0.6 is 11.6 Å². The SMILES string of the molecule is CC(=O)N(c1ccccc1)C1CC(C)N(C(=O)c2cccc(Cl)c2)c2ccccc21. The molecule has 0 aromatic heterocycles. The van der Waals surface area contributed by atoms with Gasteiger partial charge in [-0.3, -0.25) is 9.59 Å². The molecule has 0 fully saturated rings. The zero-order valence-electron chi connectivity index (χ0n) is 17.0. The third-order valence-corrected chi connectivity index (χ3v) is 5.77. The molecule has 0 N–H and O–H groups in total. The van der Waals surface area contributed by atoms with E-state index in [0.29, 0.717) is 17.0 Å². The Balaban J connectivity index is 1.79. The number of hydrogen-bond acceptors (Lipinski definition) is 2. The van der Waals surface area contributed by atoms with Crippen LogP contribution < -0.4 is 9.80 Å². The second-order valence-electron chi connectivity index (χ2n) is 7.57. The minimum atomic E-state index is -0.153. The van der Waals surface area contributed by atoms with E-state index in [9.17, 15) is 9.59 Å². The lowest BCUT2D eigenvalue weighted by atomic mass is 9.89. The summed E-state index contributed by atoms with van der Waals surface area (Å²) in [5.74, 6) is -0.118. The zero-order chi connectivity index (χ0) is 21.3. The summed E-state index contributed by atoms with van der Waals surface area (Å²) in [4.78, 5) is 29.7. The van der Waals surface area contributed by atoms with Crippen LogP contribution in [0.1, 0.15) is 42.2 Å². The molecule has 152 valence electrons. The van der Waals surface area contributed by atoms with Crippen molar-refractivity contribution in [1.29, 1.82) is 0 Å². The number of para-hydroxylation sites is 2. The van der Waals surface area contributed by atoms with Gasteiger partial charge in [-0.2, -0.15) is 0 Å². The maximum atomic E-state index is 13.4. The first kappa shape index (κ1) is 20.2. The number of amides is 2. The molecular formula is C25H23ClN2O2. The molecule has 5 heteroatoms. The average molecular weight is 419 g/mol. The van der Waals surface area contributed by atoms with E-state index in [1.54, 1.807) is 31.2 Å². The fourth-order valence-electron chi connectivity index (χ4n) is 4.27. The number of carbonyl (C=O) groups is 2. The van der Waals surface area contributed by atoms with Crippen LogP contribution in [-0.2, 0) is 4.79 Å². The monoisotopic (exact) mass is 418 g/mol. The van der Waals surface area contributed by atoms with Crippen LogP contribution in [-0.4, -0.2) is 17.9 Å². The fraction of sp³-hybridized carbons (Fsp3) is 0.200. The molecule has 4 nitrogen and oxygen atoms in total. The van der Waals surface area contributed by atoms with Crippen LogP contribution in [0.2, 0.25) is 5.02 Å². The number of carbonyl (C=O) groups excluding carboxylic acids is 2. The summed E-state index contributed by atoms with van der Waals surface area (Å²) in [6, 6.07) is 24.3. The molecule has 3 aromatic carbocycles. The number of halogens is 1. The van der Waals surface area contributed by atoms with E-state index < -0.39 is 0 Å². The Bertz CT molecular complexity index is 1080. The summed E-state index contributed by atoms with van der Waals surface area (Å²) >= 11 is 6.12. The fourth-order valence-corrected chi connectivity index (χ4v) is 4.46. The highest BCUT2D eigenvalue weighted by Gasteiger charge is 2.38. The van der Waals surface area contributed by atoms with E-state index in [0.717, 1.165) is 16.9 Å². The van der Waals surface area contributed by atoms with Crippen LogP contribution in [0, 0.1) is 0 Å². The van der Waals surface area contributed by atoms with Crippen molar-refractivity contribution in [2.24, 2.45) is 0 Å². The summed E-state index contributed by atoms with van der Waals surface area (Å²) in [7, 11) is 0. The molecule has 0 aliphatic carbocycles. The lowest BCUT2D eigenvalue weighted by Gasteiger charge is -2.43. The Kier molecular flexibility index (Phi) is 5.60. The van der Waals surface area contributed by atoms with Crippen molar-refractivity contribution in [1.82, 2.24) is 0 Å². The first-order valence-corrected chi connectivity index (χ1v) is 10.4.